The molecule has 0 atom stereocenters. The first-order valence-electron chi connectivity index (χ1n) is 7.00. The van der Waals surface area contributed by atoms with E-state index >= 15 is 0 Å². The van der Waals surface area contributed by atoms with Gasteiger partial charge >= 0.3 is 0 Å². The predicted molar refractivity (Wildman–Crippen MR) is 77.5 cm³/mol. The molecule has 0 N–H and O–H groups in total. The summed E-state index contributed by atoms with van der Waals surface area (Å²) in [7, 11) is 5.79. The topological polar surface area (TPSA) is 36.4 Å². The highest BCUT2D eigenvalue weighted by Crippen LogP contribution is 2.23. The van der Waals surface area contributed by atoms with Crippen molar-refractivity contribution in [3.8, 4) is 0 Å². The van der Waals surface area contributed by atoms with Gasteiger partial charge in [0.1, 0.15) is 5.82 Å². The van der Waals surface area contributed by atoms with Gasteiger partial charge in [-0.2, -0.15) is 0 Å². The van der Waals surface area contributed by atoms with E-state index in [4.69, 9.17) is 0 Å². The SMILES string of the molecule is CN(C)c1cc(C(=O)N(C)C2CCCCC2)ccn1. The van der Waals surface area contributed by atoms with Crippen LogP contribution in [0.5, 0.6) is 0 Å². The highest BCUT2D eigenvalue weighted by Gasteiger charge is 2.23. The van der Waals surface area contributed by atoms with Crippen molar-refractivity contribution in [3.63, 3.8) is 0 Å². The number of pyridine rings is 1. The van der Waals surface area contributed by atoms with Crippen molar-refractivity contribution in [2.45, 2.75) is 38.1 Å². The summed E-state index contributed by atoms with van der Waals surface area (Å²) in [5.41, 5.74) is 0.728. The fourth-order valence-electron chi connectivity index (χ4n) is 2.63. The summed E-state index contributed by atoms with van der Waals surface area (Å²) in [6.45, 7) is 0. The molecule has 1 aromatic rings. The Labute approximate surface area is 115 Å². The Morgan fingerprint density at radius 1 is 1.21 bits per heavy atom. The lowest BCUT2D eigenvalue weighted by Crippen LogP contribution is -2.38. The van der Waals surface area contributed by atoms with Gasteiger partial charge in [-0.05, 0) is 25.0 Å². The maximum absolute atomic E-state index is 12.5. The molecule has 0 spiro atoms. The molecular weight excluding hydrogens is 238 g/mol. The van der Waals surface area contributed by atoms with Crippen molar-refractivity contribution < 1.29 is 4.79 Å². The molecule has 1 aliphatic carbocycles. The lowest BCUT2D eigenvalue weighted by Gasteiger charge is -2.31. The standard InChI is InChI=1S/C15H23N3O/c1-17(2)14-11-12(9-10-16-14)15(19)18(3)13-7-5-4-6-8-13/h9-11,13H,4-8H2,1-3H3. The number of rotatable bonds is 3. The van der Waals surface area contributed by atoms with Crippen LogP contribution >= 0.6 is 0 Å². The summed E-state index contributed by atoms with van der Waals surface area (Å²) in [5, 5.41) is 0. The maximum Gasteiger partial charge on any atom is 0.254 e. The Bertz CT molecular complexity index is 439. The second-order valence-electron chi connectivity index (χ2n) is 5.51. The molecule has 0 aromatic carbocycles. The molecule has 1 saturated carbocycles. The van der Waals surface area contributed by atoms with Gasteiger partial charge in [0, 0.05) is 38.9 Å². The van der Waals surface area contributed by atoms with Crippen molar-refractivity contribution in [2.24, 2.45) is 0 Å². The molecule has 4 heteroatoms. The smallest absolute Gasteiger partial charge is 0.254 e. The molecule has 1 fully saturated rings. The van der Waals surface area contributed by atoms with Crippen LogP contribution in [-0.4, -0.2) is 43.0 Å². The minimum Gasteiger partial charge on any atom is -0.363 e. The minimum atomic E-state index is 0.109. The van der Waals surface area contributed by atoms with Crippen LogP contribution in [0.15, 0.2) is 18.3 Å². The molecule has 1 heterocycles. The molecule has 0 saturated heterocycles. The van der Waals surface area contributed by atoms with E-state index in [1.54, 1.807) is 12.3 Å². The number of hydrogen-bond acceptors (Lipinski definition) is 3. The molecule has 1 amide bonds. The summed E-state index contributed by atoms with van der Waals surface area (Å²) >= 11 is 0. The largest absolute Gasteiger partial charge is 0.363 e. The maximum atomic E-state index is 12.5. The third-order valence-electron chi connectivity index (χ3n) is 3.89. The van der Waals surface area contributed by atoms with Crippen molar-refractivity contribution in [2.75, 3.05) is 26.0 Å². The number of anilines is 1. The number of hydrogen-bond donors (Lipinski definition) is 0. The van der Waals surface area contributed by atoms with Crippen molar-refractivity contribution in [3.05, 3.63) is 23.9 Å². The Kier molecular flexibility index (Phi) is 4.40. The van der Waals surface area contributed by atoms with E-state index < -0.39 is 0 Å². The van der Waals surface area contributed by atoms with Gasteiger partial charge in [-0.1, -0.05) is 19.3 Å². The fraction of sp³-hybridized carbons (Fsp3) is 0.600. The lowest BCUT2D eigenvalue weighted by molar-refractivity contribution is 0.0696. The second-order valence-corrected chi connectivity index (χ2v) is 5.51. The number of nitrogens with zero attached hydrogens (tertiary/aromatic N) is 3. The Morgan fingerprint density at radius 3 is 2.53 bits per heavy atom. The zero-order chi connectivity index (χ0) is 13.8. The van der Waals surface area contributed by atoms with Crippen LogP contribution in [0.25, 0.3) is 0 Å². The van der Waals surface area contributed by atoms with Gasteiger partial charge in [-0.25, -0.2) is 4.98 Å². The van der Waals surface area contributed by atoms with E-state index in [0.29, 0.717) is 6.04 Å². The Hall–Kier alpha value is -1.58. The van der Waals surface area contributed by atoms with Gasteiger partial charge in [0.15, 0.2) is 0 Å². The lowest BCUT2D eigenvalue weighted by atomic mass is 9.94. The zero-order valence-electron chi connectivity index (χ0n) is 12.1. The van der Waals surface area contributed by atoms with Crippen molar-refractivity contribution >= 4 is 11.7 Å². The molecule has 0 radical (unpaired) electrons. The van der Waals surface area contributed by atoms with Crippen LogP contribution in [0, 0.1) is 0 Å². The zero-order valence-corrected chi connectivity index (χ0v) is 12.1. The fourth-order valence-corrected chi connectivity index (χ4v) is 2.63. The van der Waals surface area contributed by atoms with Crippen LogP contribution < -0.4 is 4.90 Å². The molecule has 0 aliphatic heterocycles. The molecule has 4 nitrogen and oxygen atoms in total. The molecule has 19 heavy (non-hydrogen) atoms. The first-order valence-corrected chi connectivity index (χ1v) is 7.00. The third-order valence-corrected chi connectivity index (χ3v) is 3.89. The molecule has 1 aromatic heterocycles. The van der Waals surface area contributed by atoms with Crippen LogP contribution in [0.1, 0.15) is 42.5 Å². The van der Waals surface area contributed by atoms with E-state index in [2.05, 4.69) is 4.98 Å². The summed E-state index contributed by atoms with van der Waals surface area (Å²) in [6, 6.07) is 4.06. The molecule has 1 aliphatic rings. The summed E-state index contributed by atoms with van der Waals surface area (Å²) in [5.74, 6) is 0.931. The number of carbonyl (C=O) groups is 1. The summed E-state index contributed by atoms with van der Waals surface area (Å²) < 4.78 is 0. The van der Waals surface area contributed by atoms with E-state index in [0.717, 1.165) is 24.2 Å². The van der Waals surface area contributed by atoms with Crippen LogP contribution in [0.3, 0.4) is 0 Å². The normalized spacial score (nSPS) is 16.2. The van der Waals surface area contributed by atoms with E-state index in [9.17, 15) is 4.79 Å². The average molecular weight is 261 g/mol. The van der Waals surface area contributed by atoms with E-state index in [1.807, 2.05) is 37.0 Å². The van der Waals surface area contributed by atoms with Crippen molar-refractivity contribution in [1.82, 2.24) is 9.88 Å². The summed E-state index contributed by atoms with van der Waals surface area (Å²) in [4.78, 5) is 20.6. The van der Waals surface area contributed by atoms with Crippen LogP contribution in [-0.2, 0) is 0 Å². The Balaban J connectivity index is 2.11. The molecule has 2 rings (SSSR count). The van der Waals surface area contributed by atoms with Crippen LogP contribution in [0.2, 0.25) is 0 Å². The van der Waals surface area contributed by atoms with Gasteiger partial charge in [0.25, 0.3) is 5.91 Å². The minimum absolute atomic E-state index is 0.109. The Morgan fingerprint density at radius 2 is 1.89 bits per heavy atom. The molecule has 0 bridgehead atoms. The average Bonchev–Trinajstić information content (AvgIpc) is 2.46. The number of amides is 1. The molecule has 104 valence electrons. The highest BCUT2D eigenvalue weighted by atomic mass is 16.2. The summed E-state index contributed by atoms with van der Waals surface area (Å²) in [6.07, 6.45) is 7.75. The van der Waals surface area contributed by atoms with E-state index in [-0.39, 0.29) is 5.91 Å². The first-order chi connectivity index (χ1) is 9.09. The first kappa shape index (κ1) is 13.8. The van der Waals surface area contributed by atoms with Crippen molar-refractivity contribution in [1.29, 1.82) is 0 Å². The third kappa shape index (κ3) is 3.25. The highest BCUT2D eigenvalue weighted by molar-refractivity contribution is 5.94. The molecular formula is C15H23N3O. The van der Waals surface area contributed by atoms with Gasteiger partial charge in [0.2, 0.25) is 0 Å². The van der Waals surface area contributed by atoms with Crippen LogP contribution in [0.4, 0.5) is 5.82 Å². The quantitative estimate of drug-likeness (QED) is 0.839. The monoisotopic (exact) mass is 261 g/mol. The molecule has 0 unspecified atom stereocenters. The van der Waals surface area contributed by atoms with Gasteiger partial charge < -0.3 is 9.80 Å². The van der Waals surface area contributed by atoms with Gasteiger partial charge in [0.05, 0.1) is 0 Å². The van der Waals surface area contributed by atoms with Gasteiger partial charge in [-0.15, -0.1) is 0 Å². The number of carbonyl (C=O) groups excluding carboxylic acids is 1. The second kappa shape index (κ2) is 6.04. The van der Waals surface area contributed by atoms with Gasteiger partial charge in [-0.3, -0.25) is 4.79 Å². The predicted octanol–water partition coefficient (Wildman–Crippen LogP) is 2.55. The van der Waals surface area contributed by atoms with E-state index in [1.165, 1.54) is 19.3 Å². The number of aromatic nitrogens is 1.